The molecule has 3 unspecified atom stereocenters. The van der Waals surface area contributed by atoms with E-state index in [1.165, 1.54) is 0 Å². The highest BCUT2D eigenvalue weighted by molar-refractivity contribution is 7.87. The Morgan fingerprint density at radius 3 is 2.44 bits per heavy atom. The van der Waals surface area contributed by atoms with Crippen molar-refractivity contribution in [3.8, 4) is 0 Å². The van der Waals surface area contributed by atoms with Crippen molar-refractivity contribution in [3.05, 3.63) is 0 Å². The number of carbonyl (C=O) groups is 1. The van der Waals surface area contributed by atoms with E-state index in [1.54, 1.807) is 6.92 Å². The highest BCUT2D eigenvalue weighted by Crippen LogP contribution is 2.14. The van der Waals surface area contributed by atoms with Crippen LogP contribution in [0.25, 0.3) is 0 Å². The van der Waals surface area contributed by atoms with Crippen molar-refractivity contribution in [2.45, 2.75) is 43.6 Å². The summed E-state index contributed by atoms with van der Waals surface area (Å²) in [5.41, 5.74) is 5.44. The molecule has 94 valence electrons. The molecule has 4 nitrogen and oxygen atoms in total. The van der Waals surface area contributed by atoms with Crippen LogP contribution in [0.5, 0.6) is 0 Å². The van der Waals surface area contributed by atoms with Gasteiger partial charge in [0.25, 0.3) is 0 Å². The average molecular weight is 246 g/mol. The molecule has 1 saturated heterocycles. The standard InChI is InChI=1S/C11H22N2O2S/c1-9(5-6-12)16(15)10(2)11(14)13-7-3-4-8-13/h9-10H,3-8,12H2,1-2H3. The van der Waals surface area contributed by atoms with Crippen molar-refractivity contribution in [1.82, 2.24) is 4.90 Å². The summed E-state index contributed by atoms with van der Waals surface area (Å²) in [5, 5.41) is -0.383. The maximum Gasteiger partial charge on any atom is 0.238 e. The third-order valence-corrected chi connectivity index (χ3v) is 5.01. The molecule has 0 spiro atoms. The monoisotopic (exact) mass is 246 g/mol. The van der Waals surface area contributed by atoms with Crippen molar-refractivity contribution in [2.75, 3.05) is 19.6 Å². The van der Waals surface area contributed by atoms with Crippen LogP contribution in [0.15, 0.2) is 0 Å². The molecule has 3 atom stereocenters. The van der Waals surface area contributed by atoms with E-state index in [-0.39, 0.29) is 16.4 Å². The molecule has 0 saturated carbocycles. The first-order valence-electron chi connectivity index (χ1n) is 5.96. The summed E-state index contributed by atoms with van der Waals surface area (Å²) in [5.74, 6) is 0.0414. The van der Waals surface area contributed by atoms with Crippen LogP contribution in [0.3, 0.4) is 0 Å². The van der Waals surface area contributed by atoms with Crippen LogP contribution in [0.1, 0.15) is 33.1 Å². The summed E-state index contributed by atoms with van der Waals surface area (Å²) in [6.07, 6.45) is 2.86. The Bertz CT molecular complexity index is 265. The van der Waals surface area contributed by atoms with Crippen molar-refractivity contribution >= 4 is 16.7 Å². The highest BCUT2D eigenvalue weighted by atomic mass is 32.2. The molecule has 1 aliphatic heterocycles. The van der Waals surface area contributed by atoms with Crippen LogP contribution >= 0.6 is 0 Å². The lowest BCUT2D eigenvalue weighted by atomic mass is 10.3. The minimum absolute atomic E-state index is 0.00607. The molecule has 0 aromatic rings. The number of carbonyl (C=O) groups excluding carboxylic acids is 1. The predicted molar refractivity (Wildman–Crippen MR) is 66.6 cm³/mol. The number of hydrogen-bond donors (Lipinski definition) is 1. The van der Waals surface area contributed by atoms with E-state index in [9.17, 15) is 9.00 Å². The van der Waals surface area contributed by atoms with Crippen LogP contribution in [-0.4, -0.2) is 45.2 Å². The lowest BCUT2D eigenvalue weighted by Crippen LogP contribution is -2.40. The summed E-state index contributed by atoms with van der Waals surface area (Å²) in [4.78, 5) is 13.8. The third kappa shape index (κ3) is 3.28. The normalized spacial score (nSPS) is 21.8. The van der Waals surface area contributed by atoms with Gasteiger partial charge in [0.2, 0.25) is 5.91 Å². The van der Waals surface area contributed by atoms with Crippen molar-refractivity contribution in [2.24, 2.45) is 5.73 Å². The van der Waals surface area contributed by atoms with Crippen molar-refractivity contribution in [3.63, 3.8) is 0 Å². The zero-order valence-corrected chi connectivity index (χ0v) is 11.0. The summed E-state index contributed by atoms with van der Waals surface area (Å²) in [6.45, 7) is 5.84. The number of likely N-dealkylation sites (tertiary alicyclic amines) is 1. The molecule has 0 aromatic heterocycles. The molecule has 1 heterocycles. The van der Waals surface area contributed by atoms with Crippen LogP contribution < -0.4 is 5.73 Å². The lowest BCUT2D eigenvalue weighted by Gasteiger charge is -2.22. The topological polar surface area (TPSA) is 63.4 Å². The van der Waals surface area contributed by atoms with E-state index in [0.717, 1.165) is 25.9 Å². The van der Waals surface area contributed by atoms with Crippen LogP contribution in [0.2, 0.25) is 0 Å². The molecule has 16 heavy (non-hydrogen) atoms. The maximum atomic E-state index is 12.0. The number of rotatable bonds is 5. The fourth-order valence-electron chi connectivity index (χ4n) is 1.99. The molecule has 5 heteroatoms. The van der Waals surface area contributed by atoms with Crippen LogP contribution in [0, 0.1) is 0 Å². The Labute approximate surface area is 100 Å². The molecule has 0 radical (unpaired) electrons. The highest BCUT2D eigenvalue weighted by Gasteiger charge is 2.29. The van der Waals surface area contributed by atoms with E-state index in [4.69, 9.17) is 5.73 Å². The number of amides is 1. The molecular formula is C11H22N2O2S. The first kappa shape index (κ1) is 13.6. The fourth-order valence-corrected chi connectivity index (χ4v) is 3.41. The minimum atomic E-state index is -1.11. The Balaban J connectivity index is 2.51. The molecule has 1 rings (SSSR count). The average Bonchev–Trinajstić information content (AvgIpc) is 2.79. The van der Waals surface area contributed by atoms with E-state index >= 15 is 0 Å². The van der Waals surface area contributed by atoms with Crippen molar-refractivity contribution in [1.29, 1.82) is 0 Å². The van der Waals surface area contributed by atoms with Gasteiger partial charge in [-0.3, -0.25) is 9.00 Å². The van der Waals surface area contributed by atoms with Gasteiger partial charge in [0, 0.05) is 29.1 Å². The van der Waals surface area contributed by atoms with Gasteiger partial charge in [-0.15, -0.1) is 0 Å². The Kier molecular flexibility index (Phi) is 5.41. The van der Waals surface area contributed by atoms with Gasteiger partial charge >= 0.3 is 0 Å². The number of hydrogen-bond acceptors (Lipinski definition) is 3. The second-order valence-electron chi connectivity index (χ2n) is 4.39. The first-order valence-corrected chi connectivity index (χ1v) is 7.23. The molecule has 0 aliphatic carbocycles. The van der Waals surface area contributed by atoms with Gasteiger partial charge < -0.3 is 10.6 Å². The molecule has 1 amide bonds. The number of nitrogens with zero attached hydrogens (tertiary/aromatic N) is 1. The van der Waals surface area contributed by atoms with Gasteiger partial charge in [0.1, 0.15) is 5.25 Å². The largest absolute Gasteiger partial charge is 0.342 e. The lowest BCUT2D eigenvalue weighted by molar-refractivity contribution is -0.129. The van der Waals surface area contributed by atoms with Gasteiger partial charge in [-0.1, -0.05) is 6.92 Å². The van der Waals surface area contributed by atoms with Gasteiger partial charge in [-0.2, -0.15) is 0 Å². The summed E-state index contributed by atoms with van der Waals surface area (Å²) in [6, 6.07) is 0. The van der Waals surface area contributed by atoms with E-state index in [2.05, 4.69) is 0 Å². The van der Waals surface area contributed by atoms with E-state index in [0.29, 0.717) is 13.0 Å². The maximum absolute atomic E-state index is 12.0. The van der Waals surface area contributed by atoms with Gasteiger partial charge in [-0.05, 0) is 32.7 Å². The Hall–Kier alpha value is -0.420. The fraction of sp³-hybridized carbons (Fsp3) is 0.909. The number of nitrogens with two attached hydrogens (primary N) is 1. The third-order valence-electron chi connectivity index (χ3n) is 3.08. The quantitative estimate of drug-likeness (QED) is 0.767. The summed E-state index contributed by atoms with van der Waals surface area (Å²) < 4.78 is 12.0. The Morgan fingerprint density at radius 1 is 1.38 bits per heavy atom. The molecule has 1 fully saturated rings. The smallest absolute Gasteiger partial charge is 0.238 e. The summed E-state index contributed by atoms with van der Waals surface area (Å²) >= 11 is 0. The second-order valence-corrected chi connectivity index (χ2v) is 6.56. The van der Waals surface area contributed by atoms with Crippen LogP contribution in [-0.2, 0) is 15.6 Å². The second kappa shape index (κ2) is 6.35. The van der Waals surface area contributed by atoms with Gasteiger partial charge in [0.15, 0.2) is 0 Å². The molecular weight excluding hydrogens is 224 g/mol. The minimum Gasteiger partial charge on any atom is -0.342 e. The molecule has 2 N–H and O–H groups in total. The zero-order chi connectivity index (χ0) is 12.1. The Morgan fingerprint density at radius 2 is 1.94 bits per heavy atom. The van der Waals surface area contributed by atoms with E-state index in [1.807, 2.05) is 11.8 Å². The SMILES string of the molecule is CC(CCN)S(=O)C(C)C(=O)N1CCCC1. The first-order chi connectivity index (χ1) is 7.57. The molecule has 1 aliphatic rings. The van der Waals surface area contributed by atoms with Crippen molar-refractivity contribution < 1.29 is 9.00 Å². The van der Waals surface area contributed by atoms with E-state index < -0.39 is 10.8 Å². The van der Waals surface area contributed by atoms with Crippen LogP contribution in [0.4, 0.5) is 0 Å². The van der Waals surface area contributed by atoms with Gasteiger partial charge in [0.05, 0.1) is 0 Å². The molecule has 0 bridgehead atoms. The molecule has 0 aromatic carbocycles. The predicted octanol–water partition coefficient (Wildman–Crippen LogP) is 0.483. The summed E-state index contributed by atoms with van der Waals surface area (Å²) in [7, 11) is -1.11. The zero-order valence-electron chi connectivity index (χ0n) is 10.1. The van der Waals surface area contributed by atoms with Gasteiger partial charge in [-0.25, -0.2) is 0 Å².